The van der Waals surface area contributed by atoms with Crippen molar-refractivity contribution in [2.24, 2.45) is 0 Å². The number of hydrogen-bond donors (Lipinski definition) is 2. The Morgan fingerprint density at radius 2 is 1.25 bits per heavy atom. The van der Waals surface area contributed by atoms with Crippen LogP contribution in [0, 0.1) is 0 Å². The summed E-state index contributed by atoms with van der Waals surface area (Å²) in [6, 6.07) is 37.0. The molecule has 5 aromatic carbocycles. The third kappa shape index (κ3) is 6.54. The molecule has 10 nitrogen and oxygen atoms in total. The molecule has 0 aliphatic carbocycles. The van der Waals surface area contributed by atoms with Crippen LogP contribution < -0.4 is 25.3 Å². The molecule has 0 radical (unpaired) electrons. The average molecular weight is 638 g/mol. The summed E-state index contributed by atoms with van der Waals surface area (Å²) >= 11 is 0. The van der Waals surface area contributed by atoms with E-state index < -0.39 is 36.3 Å². The normalized spacial score (nSPS) is 14.1. The Kier molecular flexibility index (Phi) is 9.06. The minimum Gasteiger partial charge on any atom is -0.318 e. The molecular weight excluding hydrogens is 606 g/mol. The number of carbonyl (C=O) groups is 5. The molecule has 0 aromatic heterocycles. The number of fused-ring (bicyclic) bond motifs is 1. The fourth-order valence-electron chi connectivity index (χ4n) is 5.47. The van der Waals surface area contributed by atoms with Gasteiger partial charge in [0.2, 0.25) is 5.91 Å². The van der Waals surface area contributed by atoms with Gasteiger partial charge in [0.25, 0.3) is 11.8 Å². The van der Waals surface area contributed by atoms with E-state index in [9.17, 15) is 24.0 Å². The molecule has 1 unspecified atom stereocenters. The molecule has 1 atom stereocenters. The number of para-hydroxylation sites is 4. The molecule has 238 valence electrons. The molecule has 0 saturated carbocycles. The van der Waals surface area contributed by atoms with Crippen molar-refractivity contribution < 1.29 is 24.0 Å². The number of hydrogen-bond acceptors (Lipinski definition) is 5. The number of likely N-dealkylation sites (N-methyl/N-ethyl adjacent to an activating group) is 1. The molecule has 1 aliphatic rings. The Morgan fingerprint density at radius 1 is 0.667 bits per heavy atom. The van der Waals surface area contributed by atoms with Crippen molar-refractivity contribution in [3.8, 4) is 0 Å². The van der Waals surface area contributed by atoms with E-state index in [1.54, 1.807) is 128 Å². The average Bonchev–Trinajstić information content (AvgIpc) is 3.21. The second kappa shape index (κ2) is 13.8. The molecule has 6 rings (SSSR count). The molecule has 1 heterocycles. The van der Waals surface area contributed by atoms with Crippen LogP contribution in [0.3, 0.4) is 0 Å². The van der Waals surface area contributed by atoms with E-state index in [0.29, 0.717) is 33.9 Å². The summed E-state index contributed by atoms with van der Waals surface area (Å²) in [6.45, 7) is -0.402. The smallest absolute Gasteiger partial charge is 0.318 e. The largest absolute Gasteiger partial charge is 0.320 e. The summed E-state index contributed by atoms with van der Waals surface area (Å²) < 4.78 is 0. The van der Waals surface area contributed by atoms with Crippen molar-refractivity contribution in [3.05, 3.63) is 151 Å². The quantitative estimate of drug-likeness (QED) is 0.165. The second-order valence-electron chi connectivity index (χ2n) is 11.0. The highest BCUT2D eigenvalue weighted by Crippen LogP contribution is 2.38. The van der Waals surface area contributed by atoms with Gasteiger partial charge in [-0.1, -0.05) is 91.0 Å². The number of carbonyl (C=O) groups excluding carboxylic acids is 5. The summed E-state index contributed by atoms with van der Waals surface area (Å²) in [7, 11) is 1.60. The van der Waals surface area contributed by atoms with Crippen LogP contribution in [0.2, 0.25) is 0 Å². The zero-order valence-corrected chi connectivity index (χ0v) is 25.9. The number of nitrogens with one attached hydrogen (secondary N) is 2. The Bertz CT molecular complexity index is 1990. The van der Waals surface area contributed by atoms with Gasteiger partial charge < -0.3 is 15.5 Å². The van der Waals surface area contributed by atoms with Gasteiger partial charge in [-0.2, -0.15) is 0 Å². The predicted octanol–water partition coefficient (Wildman–Crippen LogP) is 5.78. The van der Waals surface area contributed by atoms with Crippen LogP contribution in [-0.2, 0) is 14.4 Å². The van der Waals surface area contributed by atoms with Crippen LogP contribution in [0.4, 0.5) is 33.2 Å². The van der Waals surface area contributed by atoms with Gasteiger partial charge in [0, 0.05) is 35.2 Å². The molecule has 48 heavy (non-hydrogen) atoms. The predicted molar refractivity (Wildman–Crippen MR) is 184 cm³/mol. The van der Waals surface area contributed by atoms with E-state index in [0.717, 1.165) is 0 Å². The standard InChI is InChI=1S/C38H31N5O5/c1-41(29-18-7-3-8-19-29)33(44)25-42-31-22-11-12-23-32(31)43(30-20-9-4-10-21-30)37(47)34(36(42)46)40-38(48)39-28-17-13-16-27(24-28)35(45)26-14-5-2-6-15-26/h2-24,34H,25H2,1H3,(H2,39,40,48). The van der Waals surface area contributed by atoms with Crippen LogP contribution in [0.5, 0.6) is 0 Å². The molecular formula is C38H31N5O5. The number of amides is 5. The van der Waals surface area contributed by atoms with Gasteiger partial charge in [-0.3, -0.25) is 29.0 Å². The first kappa shape index (κ1) is 31.4. The van der Waals surface area contributed by atoms with Crippen molar-refractivity contribution in [2.75, 3.05) is 33.6 Å². The topological polar surface area (TPSA) is 119 Å². The van der Waals surface area contributed by atoms with Gasteiger partial charge in [-0.15, -0.1) is 0 Å². The summed E-state index contributed by atoms with van der Waals surface area (Å²) in [5.41, 5.74) is 2.90. The molecule has 0 fully saturated rings. The van der Waals surface area contributed by atoms with Gasteiger partial charge in [-0.25, -0.2) is 4.79 Å². The minimum absolute atomic E-state index is 0.231. The zero-order chi connectivity index (χ0) is 33.6. The van der Waals surface area contributed by atoms with Crippen LogP contribution in [-0.4, -0.2) is 49.2 Å². The first-order valence-corrected chi connectivity index (χ1v) is 15.2. The molecule has 0 spiro atoms. The molecule has 0 bridgehead atoms. The third-order valence-electron chi connectivity index (χ3n) is 7.91. The van der Waals surface area contributed by atoms with E-state index in [-0.39, 0.29) is 11.5 Å². The van der Waals surface area contributed by atoms with E-state index in [1.165, 1.54) is 20.8 Å². The summed E-state index contributed by atoms with van der Waals surface area (Å²) in [5.74, 6) is -2.14. The fraction of sp³-hybridized carbons (Fsp3) is 0.0789. The summed E-state index contributed by atoms with van der Waals surface area (Å²) in [5, 5.41) is 5.19. The number of urea groups is 1. The van der Waals surface area contributed by atoms with Crippen LogP contribution >= 0.6 is 0 Å². The lowest BCUT2D eigenvalue weighted by molar-refractivity contribution is -0.129. The number of nitrogens with zero attached hydrogens (tertiary/aromatic N) is 3. The van der Waals surface area contributed by atoms with Crippen LogP contribution in [0.15, 0.2) is 140 Å². The second-order valence-corrected chi connectivity index (χ2v) is 11.0. The molecule has 5 amide bonds. The SMILES string of the molecule is CN(C(=O)CN1C(=O)C(NC(=O)Nc2cccc(C(=O)c3ccccc3)c2)C(=O)N(c2ccccc2)c2ccccc21)c1ccccc1. The van der Waals surface area contributed by atoms with Gasteiger partial charge in [0.1, 0.15) is 6.54 Å². The first-order chi connectivity index (χ1) is 23.3. The molecule has 10 heteroatoms. The highest BCUT2D eigenvalue weighted by molar-refractivity contribution is 6.25. The highest BCUT2D eigenvalue weighted by Gasteiger charge is 2.42. The number of rotatable bonds is 8. The van der Waals surface area contributed by atoms with Crippen molar-refractivity contribution in [2.45, 2.75) is 6.04 Å². The van der Waals surface area contributed by atoms with Gasteiger partial charge in [-0.05, 0) is 48.5 Å². The summed E-state index contributed by atoms with van der Waals surface area (Å²) in [4.78, 5) is 72.6. The monoisotopic (exact) mass is 637 g/mol. The molecule has 2 N–H and O–H groups in total. The maximum atomic E-state index is 14.3. The zero-order valence-electron chi connectivity index (χ0n) is 25.9. The van der Waals surface area contributed by atoms with Crippen molar-refractivity contribution in [1.82, 2.24) is 5.32 Å². The Labute approximate surface area is 277 Å². The van der Waals surface area contributed by atoms with Gasteiger partial charge >= 0.3 is 6.03 Å². The number of ketones is 1. The minimum atomic E-state index is -1.71. The van der Waals surface area contributed by atoms with E-state index in [2.05, 4.69) is 10.6 Å². The summed E-state index contributed by atoms with van der Waals surface area (Å²) in [6.07, 6.45) is 0. The fourth-order valence-corrected chi connectivity index (χ4v) is 5.47. The van der Waals surface area contributed by atoms with Crippen molar-refractivity contribution in [3.63, 3.8) is 0 Å². The van der Waals surface area contributed by atoms with Crippen molar-refractivity contribution >= 4 is 58.0 Å². The lowest BCUT2D eigenvalue weighted by atomic mass is 10.0. The third-order valence-corrected chi connectivity index (χ3v) is 7.91. The molecule has 1 aliphatic heterocycles. The van der Waals surface area contributed by atoms with Gasteiger partial charge in [0.05, 0.1) is 11.4 Å². The van der Waals surface area contributed by atoms with Crippen LogP contribution in [0.25, 0.3) is 0 Å². The Morgan fingerprint density at radius 3 is 1.94 bits per heavy atom. The highest BCUT2D eigenvalue weighted by atomic mass is 16.2. The Balaban J connectivity index is 1.32. The van der Waals surface area contributed by atoms with E-state index >= 15 is 0 Å². The first-order valence-electron chi connectivity index (χ1n) is 15.2. The Hall–Kier alpha value is -6.55. The lowest BCUT2D eigenvalue weighted by Gasteiger charge is -2.27. The maximum Gasteiger partial charge on any atom is 0.320 e. The maximum absolute atomic E-state index is 14.3. The molecule has 0 saturated heterocycles. The van der Waals surface area contributed by atoms with E-state index in [1.807, 2.05) is 12.1 Å². The lowest BCUT2D eigenvalue weighted by Crippen LogP contribution is -2.56. The number of anilines is 5. The van der Waals surface area contributed by atoms with Crippen LogP contribution in [0.1, 0.15) is 15.9 Å². The molecule has 5 aromatic rings. The van der Waals surface area contributed by atoms with E-state index in [4.69, 9.17) is 0 Å². The van der Waals surface area contributed by atoms with Crippen molar-refractivity contribution in [1.29, 1.82) is 0 Å². The number of benzene rings is 5. The van der Waals surface area contributed by atoms with Gasteiger partial charge in [0.15, 0.2) is 11.8 Å².